The van der Waals surface area contributed by atoms with E-state index in [0.717, 1.165) is 18.4 Å². The summed E-state index contributed by atoms with van der Waals surface area (Å²) in [5, 5.41) is 8.37. The zero-order chi connectivity index (χ0) is 14.1. The molecule has 0 aromatic carbocycles. The van der Waals surface area contributed by atoms with Gasteiger partial charge < -0.3 is 10.1 Å². The second-order valence-corrected chi connectivity index (χ2v) is 4.67. The number of carboxylic acids is 1. The topological polar surface area (TPSA) is 53.1 Å². The Labute approximate surface area is 109 Å². The molecule has 2 N–H and O–H groups in total. The van der Waals surface area contributed by atoms with Crippen molar-refractivity contribution >= 4 is 5.97 Å². The molecule has 0 aliphatic rings. The van der Waals surface area contributed by atoms with Crippen LogP contribution < -0.4 is 0 Å². The molecule has 0 aliphatic heterocycles. The van der Waals surface area contributed by atoms with Crippen molar-refractivity contribution in [3.63, 3.8) is 0 Å². The molecular weight excluding hydrogens is 226 g/mol. The number of aryl methyl sites for hydroxylation is 1. The maximum atomic E-state index is 10.2. The van der Waals surface area contributed by atoms with Crippen LogP contribution >= 0.6 is 0 Å². The summed E-state index contributed by atoms with van der Waals surface area (Å²) in [6.07, 6.45) is 6.18. The summed E-state index contributed by atoms with van der Waals surface area (Å²) in [6.45, 7) is 12.0. The van der Waals surface area contributed by atoms with Gasteiger partial charge in [-0.1, -0.05) is 17.2 Å². The molecule has 3 nitrogen and oxygen atoms in total. The first-order valence-corrected chi connectivity index (χ1v) is 5.99. The van der Waals surface area contributed by atoms with E-state index < -0.39 is 5.97 Å². The predicted octanol–water partition coefficient (Wildman–Crippen LogP) is 4.33. The highest BCUT2D eigenvalue weighted by atomic mass is 16.4. The molecule has 3 heteroatoms. The highest BCUT2D eigenvalue weighted by molar-refractivity contribution is 5.85. The molecule has 0 fully saturated rings. The zero-order valence-corrected chi connectivity index (χ0v) is 11.7. The van der Waals surface area contributed by atoms with Crippen molar-refractivity contribution in [1.82, 2.24) is 4.98 Å². The summed E-state index contributed by atoms with van der Waals surface area (Å²) >= 11 is 0. The fraction of sp³-hybridized carbons (Fsp3) is 0.400. The van der Waals surface area contributed by atoms with Gasteiger partial charge in [-0.25, -0.2) is 4.79 Å². The Morgan fingerprint density at radius 1 is 1.44 bits per heavy atom. The average molecular weight is 249 g/mol. The van der Waals surface area contributed by atoms with E-state index in [1.54, 1.807) is 12.3 Å². The van der Waals surface area contributed by atoms with Gasteiger partial charge in [0.05, 0.1) is 0 Å². The maximum absolute atomic E-state index is 10.2. The van der Waals surface area contributed by atoms with Gasteiger partial charge in [0.15, 0.2) is 0 Å². The smallest absolute Gasteiger partial charge is 0.352 e. The number of hydrogen-bond donors (Lipinski definition) is 2. The van der Waals surface area contributed by atoms with E-state index in [0.29, 0.717) is 0 Å². The third kappa shape index (κ3) is 8.39. The number of aromatic amines is 1. The standard InChI is InChI=1S/C9H16.C6H7NO2/c1-8(2)6-5-7-9(3)4;1-4-2-5(6(8)9)7-3-4/h7H,1,5-6H2,2-4H3;2-3,7H,1H3,(H,8,9). The molecule has 0 bridgehead atoms. The molecule has 0 saturated carbocycles. The number of hydrogen-bond acceptors (Lipinski definition) is 1. The van der Waals surface area contributed by atoms with Gasteiger partial charge in [-0.2, -0.15) is 0 Å². The minimum atomic E-state index is -0.914. The molecule has 0 spiro atoms. The van der Waals surface area contributed by atoms with E-state index >= 15 is 0 Å². The number of H-pyrrole nitrogens is 1. The average Bonchev–Trinajstić information content (AvgIpc) is 2.64. The van der Waals surface area contributed by atoms with Gasteiger partial charge >= 0.3 is 5.97 Å². The highest BCUT2D eigenvalue weighted by Gasteiger charge is 2.01. The van der Waals surface area contributed by atoms with E-state index in [4.69, 9.17) is 5.11 Å². The van der Waals surface area contributed by atoms with E-state index in [1.807, 2.05) is 6.92 Å². The normalized spacial score (nSPS) is 9.11. The van der Waals surface area contributed by atoms with Gasteiger partial charge in [0.1, 0.15) is 5.69 Å². The van der Waals surface area contributed by atoms with Crippen molar-refractivity contribution in [2.75, 3.05) is 0 Å². The lowest BCUT2D eigenvalue weighted by molar-refractivity contribution is 0.0691. The number of nitrogens with one attached hydrogen (secondary N) is 1. The zero-order valence-electron chi connectivity index (χ0n) is 11.7. The number of rotatable bonds is 4. The van der Waals surface area contributed by atoms with Crippen molar-refractivity contribution < 1.29 is 9.90 Å². The molecule has 1 rings (SSSR count). The summed E-state index contributed by atoms with van der Waals surface area (Å²) in [7, 11) is 0. The van der Waals surface area contributed by atoms with Crippen LogP contribution in [0.3, 0.4) is 0 Å². The van der Waals surface area contributed by atoms with Crippen LogP contribution in [0.25, 0.3) is 0 Å². The Kier molecular flexibility index (Phi) is 7.52. The van der Waals surface area contributed by atoms with Crippen LogP contribution in [0.4, 0.5) is 0 Å². The van der Waals surface area contributed by atoms with Crippen LogP contribution in [0.5, 0.6) is 0 Å². The molecule has 18 heavy (non-hydrogen) atoms. The van der Waals surface area contributed by atoms with Crippen LogP contribution in [-0.2, 0) is 0 Å². The first kappa shape index (κ1) is 16.2. The molecule has 0 amide bonds. The lowest BCUT2D eigenvalue weighted by atomic mass is 10.1. The van der Waals surface area contributed by atoms with Gasteiger partial charge in [0, 0.05) is 6.20 Å². The molecule has 0 aliphatic carbocycles. The molecular formula is C15H23NO2. The number of aromatic carboxylic acids is 1. The summed E-state index contributed by atoms with van der Waals surface area (Å²) in [5.41, 5.74) is 3.85. The van der Waals surface area contributed by atoms with E-state index in [2.05, 4.69) is 38.4 Å². The van der Waals surface area contributed by atoms with Crippen LogP contribution in [0.2, 0.25) is 0 Å². The minimum Gasteiger partial charge on any atom is -0.477 e. The second-order valence-electron chi connectivity index (χ2n) is 4.67. The fourth-order valence-electron chi connectivity index (χ4n) is 1.23. The van der Waals surface area contributed by atoms with Crippen LogP contribution in [0.15, 0.2) is 36.1 Å². The Balaban J connectivity index is 0.000000321. The molecule has 1 heterocycles. The van der Waals surface area contributed by atoms with Gasteiger partial charge in [0.25, 0.3) is 0 Å². The Hall–Kier alpha value is -1.77. The summed E-state index contributed by atoms with van der Waals surface area (Å²) in [6, 6.07) is 1.59. The van der Waals surface area contributed by atoms with Crippen LogP contribution in [-0.4, -0.2) is 16.1 Å². The minimum absolute atomic E-state index is 0.243. The fourth-order valence-corrected chi connectivity index (χ4v) is 1.23. The Morgan fingerprint density at radius 3 is 2.33 bits per heavy atom. The van der Waals surface area contributed by atoms with E-state index in [9.17, 15) is 4.79 Å². The number of carboxylic acid groups (broad SMARTS) is 1. The predicted molar refractivity (Wildman–Crippen MR) is 76.0 cm³/mol. The number of aromatic nitrogens is 1. The first-order chi connectivity index (χ1) is 8.32. The van der Waals surface area contributed by atoms with Gasteiger partial charge in [-0.15, -0.1) is 6.58 Å². The molecule has 100 valence electrons. The third-order valence-electron chi connectivity index (χ3n) is 2.18. The number of carbonyl (C=O) groups is 1. The van der Waals surface area contributed by atoms with Crippen molar-refractivity contribution in [1.29, 1.82) is 0 Å². The second kappa shape index (κ2) is 8.34. The molecule has 0 saturated heterocycles. The molecule has 0 atom stereocenters. The SMILES string of the molecule is C=C(C)CCC=C(C)C.Cc1c[nH]c(C(=O)O)c1. The van der Waals surface area contributed by atoms with Crippen LogP contribution in [0.1, 0.15) is 49.7 Å². The quantitative estimate of drug-likeness (QED) is 0.780. The van der Waals surface area contributed by atoms with Crippen molar-refractivity contribution in [2.45, 2.75) is 40.5 Å². The molecule has 0 radical (unpaired) electrons. The largest absolute Gasteiger partial charge is 0.477 e. The summed E-state index contributed by atoms with van der Waals surface area (Å²) in [4.78, 5) is 12.8. The molecule has 0 unspecified atom stereocenters. The Morgan fingerprint density at radius 2 is 2.06 bits per heavy atom. The van der Waals surface area contributed by atoms with Gasteiger partial charge in [-0.05, 0) is 52.2 Å². The monoisotopic (exact) mass is 249 g/mol. The lowest BCUT2D eigenvalue weighted by Crippen LogP contribution is -1.94. The first-order valence-electron chi connectivity index (χ1n) is 5.99. The van der Waals surface area contributed by atoms with Crippen molar-refractivity contribution in [3.8, 4) is 0 Å². The molecule has 1 aromatic rings. The van der Waals surface area contributed by atoms with Crippen molar-refractivity contribution in [2.24, 2.45) is 0 Å². The van der Waals surface area contributed by atoms with Crippen LogP contribution in [0, 0.1) is 6.92 Å². The Bertz CT molecular complexity index is 423. The maximum Gasteiger partial charge on any atom is 0.352 e. The highest BCUT2D eigenvalue weighted by Crippen LogP contribution is 2.03. The van der Waals surface area contributed by atoms with Gasteiger partial charge in [0.2, 0.25) is 0 Å². The van der Waals surface area contributed by atoms with Crippen molar-refractivity contribution in [3.05, 3.63) is 47.3 Å². The number of allylic oxidation sites excluding steroid dienone is 3. The summed E-state index contributed by atoms with van der Waals surface area (Å²) < 4.78 is 0. The van der Waals surface area contributed by atoms with E-state index in [1.165, 1.54) is 11.1 Å². The summed E-state index contributed by atoms with van der Waals surface area (Å²) in [5.74, 6) is -0.914. The van der Waals surface area contributed by atoms with E-state index in [-0.39, 0.29) is 5.69 Å². The lowest BCUT2D eigenvalue weighted by Gasteiger charge is -1.93. The van der Waals surface area contributed by atoms with Gasteiger partial charge in [-0.3, -0.25) is 0 Å². The molecule has 1 aromatic heterocycles. The third-order valence-corrected chi connectivity index (χ3v) is 2.18.